The van der Waals surface area contributed by atoms with Crippen LogP contribution in [0.4, 0.5) is 9.93 Å². The number of imide groups is 1. The number of aryl methyl sites for hydroxylation is 1. The molecule has 3 aromatic rings. The second-order valence-electron chi connectivity index (χ2n) is 8.12. The van der Waals surface area contributed by atoms with Crippen LogP contribution < -0.4 is 15.4 Å². The van der Waals surface area contributed by atoms with E-state index in [-0.39, 0.29) is 0 Å². The van der Waals surface area contributed by atoms with E-state index in [0.29, 0.717) is 27.9 Å². The quantitative estimate of drug-likeness (QED) is 0.477. The predicted octanol–water partition coefficient (Wildman–Crippen LogP) is 4.11. The molecular weight excluding hydrogens is 476 g/mol. The minimum absolute atomic E-state index is 0.392. The van der Waals surface area contributed by atoms with Crippen molar-refractivity contribution in [3.05, 3.63) is 75.3 Å². The van der Waals surface area contributed by atoms with Crippen molar-refractivity contribution in [3.8, 4) is 5.75 Å². The van der Waals surface area contributed by atoms with Crippen LogP contribution >= 0.6 is 22.9 Å². The van der Waals surface area contributed by atoms with E-state index in [1.807, 2.05) is 25.1 Å². The molecule has 2 heterocycles. The lowest BCUT2D eigenvalue weighted by molar-refractivity contribution is -0.133. The third-order valence-electron chi connectivity index (χ3n) is 5.66. The molecule has 1 unspecified atom stereocenters. The number of amides is 4. The molecular formula is C24H23ClN4O4S. The van der Waals surface area contributed by atoms with E-state index in [1.54, 1.807) is 44.5 Å². The summed E-state index contributed by atoms with van der Waals surface area (Å²) in [4.78, 5) is 44.2. The molecule has 176 valence electrons. The SMILES string of the molecule is COc1ccc(C2(C)NC(=O)N(CC(=O)Nc3ncc(Cc4ccc(C)c(Cl)c4)s3)C2=O)cc1. The maximum atomic E-state index is 13.0. The zero-order valence-electron chi connectivity index (χ0n) is 18.8. The second kappa shape index (κ2) is 9.44. The first-order valence-corrected chi connectivity index (χ1v) is 11.7. The number of carbonyl (C=O) groups is 3. The highest BCUT2D eigenvalue weighted by Crippen LogP contribution is 2.30. The van der Waals surface area contributed by atoms with Gasteiger partial charge in [-0.2, -0.15) is 0 Å². The van der Waals surface area contributed by atoms with Gasteiger partial charge in [0.2, 0.25) is 5.91 Å². The highest BCUT2D eigenvalue weighted by molar-refractivity contribution is 7.15. The minimum Gasteiger partial charge on any atom is -0.497 e. The number of anilines is 1. The van der Waals surface area contributed by atoms with Gasteiger partial charge in [-0.15, -0.1) is 11.3 Å². The van der Waals surface area contributed by atoms with Crippen LogP contribution in [0.3, 0.4) is 0 Å². The summed E-state index contributed by atoms with van der Waals surface area (Å²) < 4.78 is 5.14. The van der Waals surface area contributed by atoms with Crippen molar-refractivity contribution in [2.45, 2.75) is 25.8 Å². The van der Waals surface area contributed by atoms with Crippen LogP contribution in [0, 0.1) is 6.92 Å². The van der Waals surface area contributed by atoms with Gasteiger partial charge in [-0.05, 0) is 48.7 Å². The van der Waals surface area contributed by atoms with Crippen molar-refractivity contribution in [1.82, 2.24) is 15.2 Å². The van der Waals surface area contributed by atoms with Gasteiger partial charge in [0.05, 0.1) is 7.11 Å². The molecule has 1 aliphatic heterocycles. The number of nitrogens with one attached hydrogen (secondary N) is 2. The molecule has 1 atom stereocenters. The Bertz CT molecular complexity index is 1260. The fourth-order valence-corrected chi connectivity index (χ4v) is 4.72. The summed E-state index contributed by atoms with van der Waals surface area (Å²) in [5, 5.41) is 6.45. The molecule has 2 aromatic carbocycles. The third kappa shape index (κ3) is 4.76. The average Bonchev–Trinajstić information content (AvgIpc) is 3.33. The number of aromatic nitrogens is 1. The molecule has 34 heavy (non-hydrogen) atoms. The molecule has 1 fully saturated rings. The molecule has 4 rings (SSSR count). The molecule has 0 aliphatic carbocycles. The van der Waals surface area contributed by atoms with Gasteiger partial charge >= 0.3 is 6.03 Å². The van der Waals surface area contributed by atoms with Crippen LogP contribution in [0.15, 0.2) is 48.7 Å². The van der Waals surface area contributed by atoms with Crippen molar-refractivity contribution < 1.29 is 19.1 Å². The van der Waals surface area contributed by atoms with Gasteiger partial charge < -0.3 is 15.4 Å². The molecule has 10 heteroatoms. The number of halogens is 1. The number of rotatable bonds is 7. The Balaban J connectivity index is 1.39. The van der Waals surface area contributed by atoms with Crippen LogP contribution in [0.25, 0.3) is 0 Å². The van der Waals surface area contributed by atoms with Gasteiger partial charge in [0, 0.05) is 22.5 Å². The molecule has 1 aromatic heterocycles. The van der Waals surface area contributed by atoms with Crippen LogP contribution in [-0.4, -0.2) is 41.4 Å². The number of thiazole rings is 1. The standard InChI is InChI=1S/C24H23ClN4O4S/c1-14-4-5-15(11-19(14)25)10-18-12-26-22(34-18)27-20(30)13-29-21(31)24(2,28-23(29)32)16-6-8-17(33-3)9-7-16/h4-9,11-12H,10,13H2,1-3H3,(H,28,32)(H,26,27,30). The maximum Gasteiger partial charge on any atom is 0.325 e. The number of hydrogen-bond donors (Lipinski definition) is 2. The lowest BCUT2D eigenvalue weighted by atomic mass is 9.92. The second-order valence-corrected chi connectivity index (χ2v) is 9.64. The number of benzene rings is 2. The summed E-state index contributed by atoms with van der Waals surface area (Å²) in [6.45, 7) is 3.13. The summed E-state index contributed by atoms with van der Waals surface area (Å²) in [6, 6.07) is 12.1. The molecule has 8 nitrogen and oxygen atoms in total. The van der Waals surface area contributed by atoms with Crippen molar-refractivity contribution >= 4 is 45.9 Å². The van der Waals surface area contributed by atoms with Crippen LogP contribution in [0.5, 0.6) is 5.75 Å². The Hall–Kier alpha value is -3.43. The van der Waals surface area contributed by atoms with Crippen molar-refractivity contribution in [2.75, 3.05) is 19.0 Å². The maximum absolute atomic E-state index is 13.0. The molecule has 1 aliphatic rings. The fraction of sp³-hybridized carbons (Fsp3) is 0.250. The smallest absolute Gasteiger partial charge is 0.325 e. The minimum atomic E-state index is -1.27. The van der Waals surface area contributed by atoms with Gasteiger partial charge in [0.15, 0.2) is 5.13 Å². The fourth-order valence-electron chi connectivity index (χ4n) is 3.66. The van der Waals surface area contributed by atoms with E-state index in [0.717, 1.165) is 20.9 Å². The Labute approximate surface area is 205 Å². The predicted molar refractivity (Wildman–Crippen MR) is 130 cm³/mol. The van der Waals surface area contributed by atoms with E-state index < -0.39 is 29.9 Å². The number of ether oxygens (including phenoxy) is 1. The summed E-state index contributed by atoms with van der Waals surface area (Å²) in [5.41, 5.74) is 1.36. The van der Waals surface area contributed by atoms with Gasteiger partial charge in [-0.1, -0.05) is 35.9 Å². The van der Waals surface area contributed by atoms with Crippen LogP contribution in [0.2, 0.25) is 5.02 Å². The number of carbonyl (C=O) groups excluding carboxylic acids is 3. The topological polar surface area (TPSA) is 101 Å². The average molecular weight is 499 g/mol. The zero-order chi connectivity index (χ0) is 24.5. The van der Waals surface area contributed by atoms with Gasteiger partial charge in [0.1, 0.15) is 17.8 Å². The third-order valence-corrected chi connectivity index (χ3v) is 6.98. The molecule has 1 saturated heterocycles. The molecule has 0 radical (unpaired) electrons. The Morgan fingerprint density at radius 2 is 1.97 bits per heavy atom. The number of hydrogen-bond acceptors (Lipinski definition) is 6. The molecule has 0 spiro atoms. The summed E-state index contributed by atoms with van der Waals surface area (Å²) in [7, 11) is 1.54. The van der Waals surface area contributed by atoms with Gasteiger partial charge in [0.25, 0.3) is 5.91 Å². The molecule has 0 saturated carbocycles. The monoisotopic (exact) mass is 498 g/mol. The number of urea groups is 1. The first-order chi connectivity index (χ1) is 16.2. The first kappa shape index (κ1) is 23.7. The van der Waals surface area contributed by atoms with Gasteiger partial charge in [-0.3, -0.25) is 14.5 Å². The van der Waals surface area contributed by atoms with Gasteiger partial charge in [-0.25, -0.2) is 9.78 Å². The van der Waals surface area contributed by atoms with E-state index in [1.165, 1.54) is 11.3 Å². The Morgan fingerprint density at radius 1 is 1.24 bits per heavy atom. The first-order valence-electron chi connectivity index (χ1n) is 10.5. The van der Waals surface area contributed by atoms with E-state index in [4.69, 9.17) is 16.3 Å². The van der Waals surface area contributed by atoms with Crippen molar-refractivity contribution in [1.29, 1.82) is 0 Å². The summed E-state index contributed by atoms with van der Waals surface area (Å²) >= 11 is 7.52. The largest absolute Gasteiger partial charge is 0.497 e. The van der Waals surface area contributed by atoms with Crippen LogP contribution in [-0.2, 0) is 21.5 Å². The number of methoxy groups -OCH3 is 1. The highest BCUT2D eigenvalue weighted by atomic mass is 35.5. The molecule has 4 amide bonds. The molecule has 0 bridgehead atoms. The Morgan fingerprint density at radius 3 is 2.65 bits per heavy atom. The summed E-state index contributed by atoms with van der Waals surface area (Å²) in [6.07, 6.45) is 2.31. The van der Waals surface area contributed by atoms with Crippen LogP contribution in [0.1, 0.15) is 28.5 Å². The summed E-state index contributed by atoms with van der Waals surface area (Å²) in [5.74, 6) is -0.385. The lowest BCUT2D eigenvalue weighted by Crippen LogP contribution is -2.42. The Kier molecular flexibility index (Phi) is 6.58. The normalized spacial score (nSPS) is 17.6. The van der Waals surface area contributed by atoms with E-state index in [9.17, 15) is 14.4 Å². The zero-order valence-corrected chi connectivity index (χ0v) is 20.4. The molecule has 2 N–H and O–H groups in total. The van der Waals surface area contributed by atoms with E-state index in [2.05, 4.69) is 15.6 Å². The number of nitrogens with zero attached hydrogens (tertiary/aromatic N) is 2. The van der Waals surface area contributed by atoms with Crippen molar-refractivity contribution in [2.24, 2.45) is 0 Å². The highest BCUT2D eigenvalue weighted by Gasteiger charge is 2.49. The van der Waals surface area contributed by atoms with Crippen molar-refractivity contribution in [3.63, 3.8) is 0 Å². The van der Waals surface area contributed by atoms with E-state index >= 15 is 0 Å². The lowest BCUT2D eigenvalue weighted by Gasteiger charge is -2.22.